The summed E-state index contributed by atoms with van der Waals surface area (Å²) in [5.41, 5.74) is 12.2. The van der Waals surface area contributed by atoms with Crippen LogP contribution in [0.3, 0.4) is 0 Å². The average molecular weight is 656 g/mol. The number of ether oxygens (including phenoxy) is 1. The number of rotatable bonds is 4. The van der Waals surface area contributed by atoms with Crippen molar-refractivity contribution in [2.75, 3.05) is 7.05 Å². The van der Waals surface area contributed by atoms with Crippen LogP contribution in [0.5, 0.6) is 11.5 Å². The molecule has 2 aliphatic heterocycles. The van der Waals surface area contributed by atoms with Crippen molar-refractivity contribution in [1.29, 1.82) is 0 Å². The van der Waals surface area contributed by atoms with Crippen LogP contribution < -0.4 is 4.74 Å². The van der Waals surface area contributed by atoms with Crippen molar-refractivity contribution in [3.8, 4) is 33.8 Å². The van der Waals surface area contributed by atoms with Crippen molar-refractivity contribution in [3.63, 3.8) is 0 Å². The van der Waals surface area contributed by atoms with Crippen LogP contribution in [0.15, 0.2) is 186 Å². The number of hydrogen-bond acceptors (Lipinski definition) is 4. The standard InChI is InChI=1S/C47H33N3O/c1-50-45(34-16-6-3-7-17-34)48-44(33-26-24-32(25-27-33)31-14-4-2-5-15-31)49-46(50)35-28-29-43-41(30-35)47(40-22-12-13-23-42(40)51-43)38-20-10-8-18-36(38)37-19-9-11-21-39(37)47/h2-30,45H,1H3. The number of hydrogen-bond donors (Lipinski definition) is 0. The van der Waals surface area contributed by atoms with Crippen LogP contribution in [0, 0.1) is 0 Å². The maximum Gasteiger partial charge on any atom is 0.159 e. The smallest absolute Gasteiger partial charge is 0.159 e. The second-order valence-corrected chi connectivity index (χ2v) is 13.4. The first-order valence-electron chi connectivity index (χ1n) is 17.4. The third-order valence-electron chi connectivity index (χ3n) is 10.6. The molecule has 4 nitrogen and oxygen atoms in total. The van der Waals surface area contributed by atoms with E-state index < -0.39 is 5.41 Å². The van der Waals surface area contributed by atoms with Crippen LogP contribution in [0.25, 0.3) is 22.3 Å². The summed E-state index contributed by atoms with van der Waals surface area (Å²) in [5, 5.41) is 0. The van der Waals surface area contributed by atoms with Gasteiger partial charge in [0, 0.05) is 29.3 Å². The molecule has 0 amide bonds. The monoisotopic (exact) mass is 655 g/mol. The Kier molecular flexibility index (Phi) is 6.65. The minimum absolute atomic E-state index is 0.252. The Morgan fingerprint density at radius 1 is 0.490 bits per heavy atom. The zero-order valence-electron chi connectivity index (χ0n) is 28.1. The Balaban J connectivity index is 1.16. The van der Waals surface area contributed by atoms with Crippen molar-refractivity contribution in [2.24, 2.45) is 9.98 Å². The summed E-state index contributed by atoms with van der Waals surface area (Å²) in [5.74, 6) is 3.31. The van der Waals surface area contributed by atoms with Gasteiger partial charge >= 0.3 is 0 Å². The topological polar surface area (TPSA) is 37.2 Å². The quantitative estimate of drug-likeness (QED) is 0.189. The Bertz CT molecular complexity index is 2470. The van der Waals surface area contributed by atoms with E-state index >= 15 is 0 Å². The third kappa shape index (κ3) is 4.46. The van der Waals surface area contributed by atoms with Crippen LogP contribution in [0.2, 0.25) is 0 Å². The predicted octanol–water partition coefficient (Wildman–Crippen LogP) is 10.7. The lowest BCUT2D eigenvalue weighted by atomic mass is 9.66. The molecule has 2 heterocycles. The molecule has 1 atom stereocenters. The number of para-hydroxylation sites is 1. The molecule has 0 bridgehead atoms. The van der Waals surface area contributed by atoms with Crippen LogP contribution in [0.4, 0.5) is 0 Å². The van der Waals surface area contributed by atoms with Gasteiger partial charge in [-0.25, -0.2) is 9.98 Å². The number of benzene rings is 7. The van der Waals surface area contributed by atoms with Gasteiger partial charge in [0.1, 0.15) is 23.5 Å². The minimum Gasteiger partial charge on any atom is -0.457 e. The summed E-state index contributed by atoms with van der Waals surface area (Å²) in [7, 11) is 2.09. The summed E-state index contributed by atoms with van der Waals surface area (Å²) >= 11 is 0. The van der Waals surface area contributed by atoms with E-state index in [1.807, 2.05) is 12.1 Å². The number of amidine groups is 2. The molecule has 1 spiro atoms. The molecule has 0 saturated heterocycles. The van der Waals surface area contributed by atoms with E-state index in [2.05, 4.69) is 176 Å². The molecule has 0 fully saturated rings. The summed E-state index contributed by atoms with van der Waals surface area (Å²) in [6.45, 7) is 0. The van der Waals surface area contributed by atoms with Crippen molar-refractivity contribution in [1.82, 2.24) is 4.90 Å². The van der Waals surface area contributed by atoms with E-state index in [1.54, 1.807) is 0 Å². The highest BCUT2D eigenvalue weighted by atomic mass is 16.5. The normalized spacial score (nSPS) is 16.3. The second-order valence-electron chi connectivity index (χ2n) is 13.4. The molecular weight excluding hydrogens is 623 g/mol. The molecular formula is C47H33N3O. The zero-order chi connectivity index (χ0) is 33.9. The summed E-state index contributed by atoms with van der Waals surface area (Å²) in [6.07, 6.45) is -0.252. The number of fused-ring (bicyclic) bond motifs is 9. The first-order chi connectivity index (χ1) is 25.2. The molecule has 10 rings (SSSR count). The lowest BCUT2D eigenvalue weighted by molar-refractivity contribution is 0.382. The summed E-state index contributed by atoms with van der Waals surface area (Å²) < 4.78 is 6.71. The molecule has 1 aliphatic carbocycles. The second kappa shape index (κ2) is 11.5. The van der Waals surface area contributed by atoms with Crippen molar-refractivity contribution >= 4 is 11.7 Å². The van der Waals surface area contributed by atoms with E-state index in [0.29, 0.717) is 5.84 Å². The largest absolute Gasteiger partial charge is 0.457 e. The molecule has 0 N–H and O–H groups in total. The first kappa shape index (κ1) is 29.4. The highest BCUT2D eigenvalue weighted by Crippen LogP contribution is 2.62. The van der Waals surface area contributed by atoms with Gasteiger partial charge in [0.2, 0.25) is 0 Å². The number of aliphatic imine (C=N–C) groups is 2. The van der Waals surface area contributed by atoms with Gasteiger partial charge in [0.05, 0.1) is 5.41 Å². The van der Waals surface area contributed by atoms with Gasteiger partial charge in [0.25, 0.3) is 0 Å². The fourth-order valence-electron chi connectivity index (χ4n) is 8.29. The highest BCUT2D eigenvalue weighted by Gasteiger charge is 2.51. The summed E-state index contributed by atoms with van der Waals surface area (Å²) in [6, 6.07) is 62.2. The van der Waals surface area contributed by atoms with Crippen molar-refractivity contribution in [2.45, 2.75) is 11.6 Å². The van der Waals surface area contributed by atoms with E-state index in [-0.39, 0.29) is 6.17 Å². The molecule has 0 radical (unpaired) electrons. The highest BCUT2D eigenvalue weighted by molar-refractivity contribution is 6.13. The van der Waals surface area contributed by atoms with Crippen molar-refractivity contribution < 1.29 is 4.74 Å². The Hall–Kier alpha value is -6.52. The molecule has 7 aromatic rings. The minimum atomic E-state index is -0.551. The van der Waals surface area contributed by atoms with Gasteiger partial charge in [-0.1, -0.05) is 152 Å². The van der Waals surface area contributed by atoms with Crippen LogP contribution in [0.1, 0.15) is 45.1 Å². The lowest BCUT2D eigenvalue weighted by Gasteiger charge is -2.40. The third-order valence-corrected chi connectivity index (χ3v) is 10.6. The number of nitrogens with zero attached hydrogens (tertiary/aromatic N) is 3. The molecule has 3 aliphatic rings. The van der Waals surface area contributed by atoms with Crippen LogP contribution >= 0.6 is 0 Å². The molecule has 1 unspecified atom stereocenters. The van der Waals surface area contributed by atoms with Gasteiger partial charge < -0.3 is 9.64 Å². The first-order valence-corrected chi connectivity index (χ1v) is 17.4. The van der Waals surface area contributed by atoms with Gasteiger partial charge in [-0.15, -0.1) is 0 Å². The maximum atomic E-state index is 6.71. The van der Waals surface area contributed by atoms with Crippen LogP contribution in [-0.2, 0) is 5.41 Å². The van der Waals surface area contributed by atoms with E-state index in [0.717, 1.165) is 50.7 Å². The van der Waals surface area contributed by atoms with Crippen LogP contribution in [-0.4, -0.2) is 23.6 Å². The molecule has 0 aromatic heterocycles. The van der Waals surface area contributed by atoms with Gasteiger partial charge in [-0.05, 0) is 63.2 Å². The molecule has 51 heavy (non-hydrogen) atoms. The Morgan fingerprint density at radius 3 is 1.73 bits per heavy atom. The average Bonchev–Trinajstić information content (AvgIpc) is 3.49. The van der Waals surface area contributed by atoms with Gasteiger partial charge in [0.15, 0.2) is 5.84 Å². The van der Waals surface area contributed by atoms with Gasteiger partial charge in [-0.2, -0.15) is 0 Å². The molecule has 0 saturated carbocycles. The fourth-order valence-corrected chi connectivity index (χ4v) is 8.29. The zero-order valence-corrected chi connectivity index (χ0v) is 28.1. The SMILES string of the molecule is CN1C(c2ccc3c(c2)C2(c4ccccc4O3)c3ccccc3-c3ccccc32)=NC(c2ccc(-c3ccccc3)cc2)=NC1c1ccccc1. The predicted molar refractivity (Wildman–Crippen MR) is 206 cm³/mol. The molecule has 242 valence electrons. The molecule has 7 aromatic carbocycles. The van der Waals surface area contributed by atoms with Crippen molar-refractivity contribution in [3.05, 3.63) is 215 Å². The maximum absolute atomic E-state index is 6.71. The van der Waals surface area contributed by atoms with Gasteiger partial charge in [-0.3, -0.25) is 0 Å². The van der Waals surface area contributed by atoms with E-state index in [4.69, 9.17) is 14.7 Å². The molecule has 4 heteroatoms. The Morgan fingerprint density at radius 2 is 1.02 bits per heavy atom. The lowest BCUT2D eigenvalue weighted by Crippen LogP contribution is -2.36. The summed E-state index contributed by atoms with van der Waals surface area (Å²) in [4.78, 5) is 12.8. The Labute approximate surface area is 297 Å². The fraction of sp³-hybridized carbons (Fsp3) is 0.0638. The van der Waals surface area contributed by atoms with E-state index in [1.165, 1.54) is 27.8 Å². The van der Waals surface area contributed by atoms with E-state index in [9.17, 15) is 0 Å².